The molecule has 3 heteroatoms. The van der Waals surface area contributed by atoms with Gasteiger partial charge in [-0.1, -0.05) is 0 Å². The van der Waals surface area contributed by atoms with Gasteiger partial charge in [0, 0.05) is 13.1 Å². The van der Waals surface area contributed by atoms with Crippen molar-refractivity contribution < 1.29 is 4.42 Å². The SMILES string of the molecule is Cc1ccc(CN(C)CCNCC2CC2)o1. The molecule has 1 aliphatic rings. The number of hydrogen-bond acceptors (Lipinski definition) is 3. The van der Waals surface area contributed by atoms with Crippen molar-refractivity contribution in [1.29, 1.82) is 0 Å². The van der Waals surface area contributed by atoms with Gasteiger partial charge in [-0.2, -0.15) is 0 Å². The molecule has 1 aliphatic carbocycles. The molecular formula is C13H22N2O. The first-order valence-corrected chi connectivity index (χ1v) is 6.18. The molecule has 1 saturated carbocycles. The fourth-order valence-electron chi connectivity index (χ4n) is 1.81. The Morgan fingerprint density at radius 2 is 2.25 bits per heavy atom. The van der Waals surface area contributed by atoms with Crippen molar-refractivity contribution in [2.75, 3.05) is 26.7 Å². The molecular weight excluding hydrogens is 200 g/mol. The number of rotatable bonds is 7. The van der Waals surface area contributed by atoms with Gasteiger partial charge in [0.2, 0.25) is 0 Å². The second-order valence-corrected chi connectivity index (χ2v) is 4.90. The molecule has 0 atom stereocenters. The van der Waals surface area contributed by atoms with E-state index >= 15 is 0 Å². The topological polar surface area (TPSA) is 28.4 Å². The molecule has 0 saturated heterocycles. The van der Waals surface area contributed by atoms with Gasteiger partial charge in [0.15, 0.2) is 0 Å². The lowest BCUT2D eigenvalue weighted by Gasteiger charge is -2.15. The minimum absolute atomic E-state index is 0.902. The molecule has 1 N–H and O–H groups in total. The Balaban J connectivity index is 1.57. The average molecular weight is 222 g/mol. The molecule has 0 unspecified atom stereocenters. The predicted octanol–water partition coefficient (Wildman–Crippen LogP) is 2.02. The summed E-state index contributed by atoms with van der Waals surface area (Å²) in [4.78, 5) is 2.29. The molecule has 1 aromatic heterocycles. The van der Waals surface area contributed by atoms with Crippen LogP contribution in [0.15, 0.2) is 16.5 Å². The third-order valence-electron chi connectivity index (χ3n) is 3.02. The Morgan fingerprint density at radius 1 is 1.44 bits per heavy atom. The molecule has 3 nitrogen and oxygen atoms in total. The number of likely N-dealkylation sites (N-methyl/N-ethyl adjacent to an activating group) is 1. The van der Waals surface area contributed by atoms with E-state index in [-0.39, 0.29) is 0 Å². The van der Waals surface area contributed by atoms with E-state index in [1.807, 2.05) is 13.0 Å². The Kier molecular flexibility index (Phi) is 4.02. The van der Waals surface area contributed by atoms with Crippen LogP contribution in [0.25, 0.3) is 0 Å². The lowest BCUT2D eigenvalue weighted by Crippen LogP contribution is -2.29. The van der Waals surface area contributed by atoms with Gasteiger partial charge in [-0.05, 0) is 51.4 Å². The zero-order chi connectivity index (χ0) is 11.4. The summed E-state index contributed by atoms with van der Waals surface area (Å²) in [6.07, 6.45) is 2.85. The minimum Gasteiger partial charge on any atom is -0.465 e. The number of furan rings is 1. The molecule has 1 aromatic rings. The molecule has 0 spiro atoms. The standard InChI is InChI=1S/C13H22N2O/c1-11-3-6-13(16-11)10-15(2)8-7-14-9-12-4-5-12/h3,6,12,14H,4-5,7-10H2,1-2H3. The summed E-state index contributed by atoms with van der Waals surface area (Å²) >= 11 is 0. The van der Waals surface area contributed by atoms with Crippen molar-refractivity contribution in [2.24, 2.45) is 5.92 Å². The third-order valence-corrected chi connectivity index (χ3v) is 3.02. The van der Waals surface area contributed by atoms with Gasteiger partial charge in [0.25, 0.3) is 0 Å². The van der Waals surface area contributed by atoms with Crippen LogP contribution in [0.2, 0.25) is 0 Å². The summed E-state index contributed by atoms with van der Waals surface area (Å²) in [6, 6.07) is 4.08. The first kappa shape index (κ1) is 11.7. The Hall–Kier alpha value is -0.800. The van der Waals surface area contributed by atoms with Crippen LogP contribution in [0, 0.1) is 12.8 Å². The van der Waals surface area contributed by atoms with Crippen molar-refractivity contribution in [2.45, 2.75) is 26.3 Å². The van der Waals surface area contributed by atoms with Gasteiger partial charge in [-0.15, -0.1) is 0 Å². The quantitative estimate of drug-likeness (QED) is 0.715. The highest BCUT2D eigenvalue weighted by molar-refractivity contribution is 5.05. The van der Waals surface area contributed by atoms with E-state index in [1.54, 1.807) is 0 Å². The van der Waals surface area contributed by atoms with E-state index < -0.39 is 0 Å². The van der Waals surface area contributed by atoms with Gasteiger partial charge in [0.05, 0.1) is 6.54 Å². The summed E-state index contributed by atoms with van der Waals surface area (Å²) in [5.74, 6) is 3.02. The molecule has 1 heterocycles. The molecule has 0 aromatic carbocycles. The van der Waals surface area contributed by atoms with E-state index in [4.69, 9.17) is 4.42 Å². The van der Waals surface area contributed by atoms with Gasteiger partial charge < -0.3 is 9.73 Å². The van der Waals surface area contributed by atoms with Crippen LogP contribution in [0.4, 0.5) is 0 Å². The van der Waals surface area contributed by atoms with Gasteiger partial charge in [0.1, 0.15) is 11.5 Å². The molecule has 16 heavy (non-hydrogen) atoms. The van der Waals surface area contributed by atoms with Crippen LogP contribution >= 0.6 is 0 Å². The molecule has 0 amide bonds. The molecule has 90 valence electrons. The molecule has 1 fully saturated rings. The van der Waals surface area contributed by atoms with E-state index in [0.29, 0.717) is 0 Å². The summed E-state index contributed by atoms with van der Waals surface area (Å²) < 4.78 is 5.55. The maximum atomic E-state index is 5.55. The Bertz CT molecular complexity index is 317. The van der Waals surface area contributed by atoms with Crippen LogP contribution in [0.5, 0.6) is 0 Å². The van der Waals surface area contributed by atoms with E-state index in [0.717, 1.165) is 37.1 Å². The number of hydrogen-bond donors (Lipinski definition) is 1. The largest absolute Gasteiger partial charge is 0.465 e. The van der Waals surface area contributed by atoms with E-state index in [9.17, 15) is 0 Å². The van der Waals surface area contributed by atoms with Gasteiger partial charge in [-0.3, -0.25) is 4.90 Å². The van der Waals surface area contributed by atoms with Crippen LogP contribution in [0.1, 0.15) is 24.4 Å². The summed E-state index contributed by atoms with van der Waals surface area (Å²) in [6.45, 7) is 6.24. The van der Waals surface area contributed by atoms with Crippen molar-refractivity contribution >= 4 is 0 Å². The predicted molar refractivity (Wildman–Crippen MR) is 65.4 cm³/mol. The first-order valence-electron chi connectivity index (χ1n) is 6.18. The molecule has 0 radical (unpaired) electrons. The summed E-state index contributed by atoms with van der Waals surface area (Å²) in [5, 5.41) is 3.50. The highest BCUT2D eigenvalue weighted by Crippen LogP contribution is 2.27. The summed E-state index contributed by atoms with van der Waals surface area (Å²) in [7, 11) is 2.14. The molecule has 0 aliphatic heterocycles. The highest BCUT2D eigenvalue weighted by atomic mass is 16.3. The highest BCUT2D eigenvalue weighted by Gasteiger charge is 2.19. The van der Waals surface area contributed by atoms with Crippen LogP contribution in [-0.2, 0) is 6.54 Å². The number of aryl methyl sites for hydroxylation is 1. The Morgan fingerprint density at radius 3 is 2.88 bits per heavy atom. The number of nitrogens with one attached hydrogen (secondary N) is 1. The monoisotopic (exact) mass is 222 g/mol. The lowest BCUT2D eigenvalue weighted by molar-refractivity contribution is 0.291. The van der Waals surface area contributed by atoms with Crippen LogP contribution < -0.4 is 5.32 Å². The second-order valence-electron chi connectivity index (χ2n) is 4.90. The van der Waals surface area contributed by atoms with E-state index in [2.05, 4.69) is 23.3 Å². The van der Waals surface area contributed by atoms with Crippen molar-refractivity contribution in [3.63, 3.8) is 0 Å². The van der Waals surface area contributed by atoms with Crippen molar-refractivity contribution in [1.82, 2.24) is 10.2 Å². The molecule has 2 rings (SSSR count). The van der Waals surface area contributed by atoms with E-state index in [1.165, 1.54) is 19.4 Å². The molecule has 0 bridgehead atoms. The zero-order valence-electron chi connectivity index (χ0n) is 10.3. The number of nitrogens with zero attached hydrogens (tertiary/aromatic N) is 1. The normalized spacial score (nSPS) is 15.9. The maximum Gasteiger partial charge on any atom is 0.118 e. The van der Waals surface area contributed by atoms with Gasteiger partial charge >= 0.3 is 0 Å². The lowest BCUT2D eigenvalue weighted by atomic mass is 10.4. The van der Waals surface area contributed by atoms with Crippen LogP contribution in [0.3, 0.4) is 0 Å². The average Bonchev–Trinajstić information content (AvgIpc) is 2.98. The fourth-order valence-corrected chi connectivity index (χ4v) is 1.81. The first-order chi connectivity index (χ1) is 7.74. The van der Waals surface area contributed by atoms with Gasteiger partial charge in [-0.25, -0.2) is 0 Å². The zero-order valence-corrected chi connectivity index (χ0v) is 10.3. The van der Waals surface area contributed by atoms with Crippen molar-refractivity contribution in [3.05, 3.63) is 23.7 Å². The van der Waals surface area contributed by atoms with Crippen molar-refractivity contribution in [3.8, 4) is 0 Å². The maximum absolute atomic E-state index is 5.55. The third kappa shape index (κ3) is 3.99. The minimum atomic E-state index is 0.902. The summed E-state index contributed by atoms with van der Waals surface area (Å²) in [5.41, 5.74) is 0. The Labute approximate surface area is 97.8 Å². The second kappa shape index (κ2) is 5.51. The smallest absolute Gasteiger partial charge is 0.118 e. The fraction of sp³-hybridized carbons (Fsp3) is 0.692. The van der Waals surface area contributed by atoms with Crippen LogP contribution in [-0.4, -0.2) is 31.6 Å².